The highest BCUT2D eigenvalue weighted by Crippen LogP contribution is 2.62. The van der Waals surface area contributed by atoms with Crippen LogP contribution in [0.15, 0.2) is 24.3 Å². The first-order valence-corrected chi connectivity index (χ1v) is 9.64. The molecule has 4 aliphatic rings. The summed E-state index contributed by atoms with van der Waals surface area (Å²) in [6.07, 6.45) is 5.93. The van der Waals surface area contributed by atoms with Gasteiger partial charge in [0.15, 0.2) is 6.61 Å². The molecule has 0 radical (unpaired) electrons. The summed E-state index contributed by atoms with van der Waals surface area (Å²) in [5.41, 5.74) is -0.113. The maximum atomic E-state index is 12.3. The first-order chi connectivity index (χ1) is 12.3. The fraction of sp³-hybridized carbons (Fsp3) is 0.600. The lowest BCUT2D eigenvalue weighted by atomic mass is 9.47. The van der Waals surface area contributed by atoms with E-state index in [-0.39, 0.29) is 23.9 Å². The summed E-state index contributed by atoms with van der Waals surface area (Å²) < 4.78 is 5.21. The Morgan fingerprint density at radius 1 is 1.15 bits per heavy atom. The van der Waals surface area contributed by atoms with Crippen molar-refractivity contribution in [3.63, 3.8) is 0 Å². The molecule has 0 aliphatic heterocycles. The molecule has 1 aromatic rings. The number of carbonyl (C=O) groups excluding carboxylic acids is 2. The van der Waals surface area contributed by atoms with Crippen LogP contribution in [0.3, 0.4) is 0 Å². The third-order valence-corrected chi connectivity index (χ3v) is 6.41. The fourth-order valence-corrected chi connectivity index (χ4v) is 5.97. The molecule has 4 saturated carbocycles. The number of hydrogen-bond acceptors (Lipinski definition) is 4. The van der Waals surface area contributed by atoms with Gasteiger partial charge in [-0.25, -0.2) is 0 Å². The second-order valence-electron chi connectivity index (χ2n) is 8.58. The molecule has 4 atom stereocenters. The largest absolute Gasteiger partial charge is 0.456 e. The van der Waals surface area contributed by atoms with E-state index in [1.807, 2.05) is 0 Å². The van der Waals surface area contributed by atoms with Crippen molar-refractivity contribution in [2.45, 2.75) is 50.5 Å². The van der Waals surface area contributed by atoms with E-state index in [1.54, 1.807) is 24.3 Å². The van der Waals surface area contributed by atoms with Gasteiger partial charge in [-0.05, 0) is 80.0 Å². The molecular weight excluding hydrogens is 354 g/mol. The Balaban J connectivity index is 1.29. The highest BCUT2D eigenvalue weighted by molar-refractivity contribution is 6.30. The average Bonchev–Trinajstić information content (AvgIpc) is 2.52. The topological polar surface area (TPSA) is 75.6 Å². The van der Waals surface area contributed by atoms with Crippen LogP contribution in [0.4, 0.5) is 5.69 Å². The summed E-state index contributed by atoms with van der Waals surface area (Å²) in [5, 5.41) is 14.0. The minimum Gasteiger partial charge on any atom is -0.456 e. The number of ether oxygens (including phenoxy) is 1. The van der Waals surface area contributed by atoms with Gasteiger partial charge in [0.2, 0.25) is 0 Å². The summed E-state index contributed by atoms with van der Waals surface area (Å²) in [6.45, 7) is -0.297. The van der Waals surface area contributed by atoms with Crippen molar-refractivity contribution in [1.82, 2.24) is 0 Å². The van der Waals surface area contributed by atoms with Crippen LogP contribution >= 0.6 is 11.6 Å². The van der Waals surface area contributed by atoms with E-state index in [0.717, 1.165) is 25.7 Å². The number of rotatable bonds is 5. The first-order valence-electron chi connectivity index (χ1n) is 9.27. The highest BCUT2D eigenvalue weighted by Gasteiger charge is 2.57. The second kappa shape index (κ2) is 6.54. The first kappa shape index (κ1) is 17.8. The molecule has 2 N–H and O–H groups in total. The number of nitrogens with one attached hydrogen (secondary N) is 1. The van der Waals surface area contributed by atoms with Crippen molar-refractivity contribution in [2.75, 3.05) is 11.9 Å². The van der Waals surface area contributed by atoms with Crippen LogP contribution in [0, 0.1) is 17.3 Å². The van der Waals surface area contributed by atoms with E-state index in [9.17, 15) is 14.7 Å². The summed E-state index contributed by atoms with van der Waals surface area (Å²) in [7, 11) is 0. The van der Waals surface area contributed by atoms with Crippen LogP contribution in [-0.4, -0.2) is 29.2 Å². The minimum absolute atomic E-state index is 0.136. The highest BCUT2D eigenvalue weighted by atomic mass is 35.5. The van der Waals surface area contributed by atoms with Crippen molar-refractivity contribution in [3.8, 4) is 0 Å². The van der Waals surface area contributed by atoms with Gasteiger partial charge in [-0.15, -0.1) is 0 Å². The molecule has 1 amide bonds. The number of halogens is 1. The standard InChI is InChI=1S/C20H24ClNO4/c21-15-1-3-16(4-2-15)22-17(23)11-26-18(24)10-19-6-13-5-14(7-19)9-20(25,8-13)12-19/h1-4,13-14,25H,5-12H2,(H,22,23)/t13-,14+,19?,20?. The van der Waals surface area contributed by atoms with Gasteiger partial charge in [0, 0.05) is 10.7 Å². The maximum Gasteiger partial charge on any atom is 0.306 e. The van der Waals surface area contributed by atoms with Gasteiger partial charge >= 0.3 is 5.97 Å². The summed E-state index contributed by atoms with van der Waals surface area (Å²) in [4.78, 5) is 24.3. The van der Waals surface area contributed by atoms with Crippen molar-refractivity contribution in [1.29, 1.82) is 0 Å². The minimum atomic E-state index is -0.587. The van der Waals surface area contributed by atoms with E-state index < -0.39 is 5.60 Å². The molecular formula is C20H24ClNO4. The van der Waals surface area contributed by atoms with Crippen LogP contribution < -0.4 is 5.32 Å². The number of amides is 1. The van der Waals surface area contributed by atoms with Crippen LogP contribution in [-0.2, 0) is 14.3 Å². The lowest BCUT2D eigenvalue weighted by Crippen LogP contribution is -2.56. The molecule has 0 spiro atoms. The fourth-order valence-electron chi connectivity index (χ4n) is 5.84. The van der Waals surface area contributed by atoms with Gasteiger partial charge in [-0.1, -0.05) is 11.6 Å². The van der Waals surface area contributed by atoms with Crippen LogP contribution in [0.25, 0.3) is 0 Å². The van der Waals surface area contributed by atoms with Gasteiger partial charge in [-0.3, -0.25) is 9.59 Å². The molecule has 4 fully saturated rings. The number of carbonyl (C=O) groups is 2. The van der Waals surface area contributed by atoms with Gasteiger partial charge in [0.05, 0.1) is 12.0 Å². The van der Waals surface area contributed by atoms with Crippen molar-refractivity contribution < 1.29 is 19.4 Å². The Hall–Kier alpha value is -1.59. The van der Waals surface area contributed by atoms with Gasteiger partial charge in [0.25, 0.3) is 5.91 Å². The normalized spacial score (nSPS) is 34.5. The molecule has 5 nitrogen and oxygen atoms in total. The maximum absolute atomic E-state index is 12.3. The van der Waals surface area contributed by atoms with Crippen molar-refractivity contribution >= 4 is 29.2 Å². The third-order valence-electron chi connectivity index (χ3n) is 6.16. The predicted octanol–water partition coefficient (Wildman–Crippen LogP) is 3.54. The van der Waals surface area contributed by atoms with Crippen molar-refractivity contribution in [2.24, 2.45) is 17.3 Å². The van der Waals surface area contributed by atoms with Crippen LogP contribution in [0.1, 0.15) is 44.9 Å². The zero-order chi connectivity index (χ0) is 18.4. The molecule has 5 rings (SSSR count). The van der Waals surface area contributed by atoms with E-state index >= 15 is 0 Å². The van der Waals surface area contributed by atoms with E-state index in [4.69, 9.17) is 16.3 Å². The van der Waals surface area contributed by atoms with E-state index in [0.29, 0.717) is 35.4 Å². The Bertz CT molecular complexity index is 703. The van der Waals surface area contributed by atoms with Crippen LogP contribution in [0.5, 0.6) is 0 Å². The molecule has 2 unspecified atom stereocenters. The molecule has 0 heterocycles. The Morgan fingerprint density at radius 3 is 2.42 bits per heavy atom. The SMILES string of the molecule is O=C(COC(=O)CC12C[C@@H]3C[C@@H](CC(O)(C3)C1)C2)Nc1ccc(Cl)cc1. The lowest BCUT2D eigenvalue weighted by Gasteiger charge is -2.60. The smallest absolute Gasteiger partial charge is 0.306 e. The van der Waals surface area contributed by atoms with Gasteiger partial charge in [0.1, 0.15) is 0 Å². The molecule has 6 heteroatoms. The monoisotopic (exact) mass is 377 g/mol. The Kier molecular flexibility index (Phi) is 4.48. The number of aliphatic hydroxyl groups is 1. The number of hydrogen-bond donors (Lipinski definition) is 2. The van der Waals surface area contributed by atoms with Gasteiger partial charge in [-0.2, -0.15) is 0 Å². The zero-order valence-corrected chi connectivity index (χ0v) is 15.4. The summed E-state index contributed by atoms with van der Waals surface area (Å²) in [5.74, 6) is 0.344. The molecule has 4 bridgehead atoms. The summed E-state index contributed by atoms with van der Waals surface area (Å²) >= 11 is 5.81. The summed E-state index contributed by atoms with van der Waals surface area (Å²) in [6, 6.07) is 6.75. The predicted molar refractivity (Wildman–Crippen MR) is 97.7 cm³/mol. The van der Waals surface area contributed by atoms with Crippen LogP contribution in [0.2, 0.25) is 5.02 Å². The quantitative estimate of drug-likeness (QED) is 0.769. The molecule has 1 aromatic carbocycles. The molecule has 140 valence electrons. The Labute approximate surface area is 158 Å². The second-order valence-corrected chi connectivity index (χ2v) is 9.01. The molecule has 0 saturated heterocycles. The zero-order valence-electron chi connectivity index (χ0n) is 14.7. The van der Waals surface area contributed by atoms with Crippen molar-refractivity contribution in [3.05, 3.63) is 29.3 Å². The Morgan fingerprint density at radius 2 is 1.81 bits per heavy atom. The van der Waals surface area contributed by atoms with E-state index in [2.05, 4.69) is 5.32 Å². The van der Waals surface area contributed by atoms with Gasteiger partial charge < -0.3 is 15.2 Å². The number of anilines is 1. The molecule has 4 aliphatic carbocycles. The third kappa shape index (κ3) is 3.74. The average molecular weight is 378 g/mol. The number of benzene rings is 1. The lowest BCUT2D eigenvalue weighted by molar-refractivity contribution is -0.177. The van der Waals surface area contributed by atoms with E-state index in [1.165, 1.54) is 6.42 Å². The molecule has 0 aromatic heterocycles. The molecule has 26 heavy (non-hydrogen) atoms. The number of esters is 1.